The summed E-state index contributed by atoms with van der Waals surface area (Å²) in [7, 11) is 0. The molecule has 3 rings (SSSR count). The van der Waals surface area contributed by atoms with Gasteiger partial charge in [-0.05, 0) is 35.4 Å². The Morgan fingerprint density at radius 1 is 0.900 bits per heavy atom. The summed E-state index contributed by atoms with van der Waals surface area (Å²) in [6.07, 6.45) is 1.63. The van der Waals surface area contributed by atoms with E-state index in [2.05, 4.69) is 4.98 Å². The van der Waals surface area contributed by atoms with Gasteiger partial charge in [-0.1, -0.05) is 18.2 Å². The molecule has 0 aliphatic carbocycles. The van der Waals surface area contributed by atoms with Crippen LogP contribution in [0.1, 0.15) is 17.2 Å². The summed E-state index contributed by atoms with van der Waals surface area (Å²) in [5.41, 5.74) is 8.03. The van der Waals surface area contributed by atoms with Crippen LogP contribution in [0.25, 0.3) is 10.9 Å². The topological polar surface area (TPSA) is 38.9 Å². The molecule has 1 unspecified atom stereocenters. The van der Waals surface area contributed by atoms with Gasteiger partial charge in [0.15, 0.2) is 0 Å². The van der Waals surface area contributed by atoms with Crippen LogP contribution in [0.4, 0.5) is 8.78 Å². The average Bonchev–Trinajstić information content (AvgIpc) is 2.45. The number of benzene rings is 2. The first-order chi connectivity index (χ1) is 9.63. The standard InChI is InChI=1S/C16H12F2N2/c17-13-6-11(7-14(18)8-13)16(19)12-5-10-3-1-2-4-15(10)20-9-12/h1-9,16H,19H2. The molecule has 2 N–H and O–H groups in total. The van der Waals surface area contributed by atoms with Crippen molar-refractivity contribution < 1.29 is 8.78 Å². The lowest BCUT2D eigenvalue weighted by Gasteiger charge is -2.13. The number of rotatable bonds is 2. The van der Waals surface area contributed by atoms with Crippen molar-refractivity contribution in [3.63, 3.8) is 0 Å². The van der Waals surface area contributed by atoms with E-state index >= 15 is 0 Å². The van der Waals surface area contributed by atoms with E-state index in [0.717, 1.165) is 17.0 Å². The zero-order valence-corrected chi connectivity index (χ0v) is 10.6. The maximum Gasteiger partial charge on any atom is 0.126 e. The van der Waals surface area contributed by atoms with E-state index in [1.807, 2.05) is 30.3 Å². The maximum atomic E-state index is 13.2. The van der Waals surface area contributed by atoms with Crippen molar-refractivity contribution in [3.05, 3.63) is 77.5 Å². The number of para-hydroxylation sites is 1. The Hall–Kier alpha value is -2.33. The average molecular weight is 270 g/mol. The van der Waals surface area contributed by atoms with Crippen LogP contribution in [-0.2, 0) is 0 Å². The molecule has 1 aromatic heterocycles. The number of aromatic nitrogens is 1. The Labute approximate surface area is 114 Å². The number of nitrogens with two attached hydrogens (primary N) is 1. The van der Waals surface area contributed by atoms with Crippen molar-refractivity contribution in [3.8, 4) is 0 Å². The second kappa shape index (κ2) is 4.98. The van der Waals surface area contributed by atoms with Crippen LogP contribution in [-0.4, -0.2) is 4.98 Å². The van der Waals surface area contributed by atoms with Crippen molar-refractivity contribution in [2.75, 3.05) is 0 Å². The molecule has 0 radical (unpaired) electrons. The molecule has 4 heteroatoms. The highest BCUT2D eigenvalue weighted by molar-refractivity contribution is 5.78. The van der Waals surface area contributed by atoms with E-state index in [0.29, 0.717) is 11.1 Å². The minimum atomic E-state index is -0.635. The molecule has 0 aliphatic rings. The predicted molar refractivity (Wildman–Crippen MR) is 74.1 cm³/mol. The molecule has 3 aromatic rings. The zero-order valence-electron chi connectivity index (χ0n) is 10.6. The number of hydrogen-bond donors (Lipinski definition) is 1. The first kappa shape index (κ1) is 12.7. The summed E-state index contributed by atoms with van der Waals surface area (Å²) in [4.78, 5) is 4.31. The van der Waals surface area contributed by atoms with Crippen LogP contribution in [0.5, 0.6) is 0 Å². The molecule has 2 aromatic carbocycles. The third-order valence-electron chi connectivity index (χ3n) is 3.21. The van der Waals surface area contributed by atoms with Gasteiger partial charge >= 0.3 is 0 Å². The first-order valence-corrected chi connectivity index (χ1v) is 6.20. The minimum Gasteiger partial charge on any atom is -0.320 e. The number of halogens is 2. The highest BCUT2D eigenvalue weighted by atomic mass is 19.1. The number of hydrogen-bond acceptors (Lipinski definition) is 2. The van der Waals surface area contributed by atoms with E-state index in [9.17, 15) is 8.78 Å². The van der Waals surface area contributed by atoms with Gasteiger partial charge in [0, 0.05) is 17.6 Å². The number of pyridine rings is 1. The highest BCUT2D eigenvalue weighted by Crippen LogP contribution is 2.23. The molecule has 1 heterocycles. The Kier molecular flexibility index (Phi) is 3.16. The van der Waals surface area contributed by atoms with E-state index in [4.69, 9.17) is 5.73 Å². The fourth-order valence-corrected chi connectivity index (χ4v) is 2.21. The van der Waals surface area contributed by atoms with Gasteiger partial charge in [0.2, 0.25) is 0 Å². The molecule has 0 aliphatic heterocycles. The molecule has 0 spiro atoms. The maximum absolute atomic E-state index is 13.2. The molecule has 1 atom stereocenters. The predicted octanol–water partition coefficient (Wildman–Crippen LogP) is 3.56. The molecular weight excluding hydrogens is 258 g/mol. The fraction of sp³-hybridized carbons (Fsp3) is 0.0625. The van der Waals surface area contributed by atoms with Crippen molar-refractivity contribution in [2.45, 2.75) is 6.04 Å². The Balaban J connectivity index is 2.05. The van der Waals surface area contributed by atoms with E-state index < -0.39 is 17.7 Å². The smallest absolute Gasteiger partial charge is 0.126 e. The van der Waals surface area contributed by atoms with Crippen LogP contribution < -0.4 is 5.73 Å². The third-order valence-corrected chi connectivity index (χ3v) is 3.21. The van der Waals surface area contributed by atoms with E-state index in [-0.39, 0.29) is 0 Å². The lowest BCUT2D eigenvalue weighted by molar-refractivity contribution is 0.577. The summed E-state index contributed by atoms with van der Waals surface area (Å²) in [5.74, 6) is -1.27. The molecule has 0 bridgehead atoms. The third kappa shape index (κ3) is 2.38. The van der Waals surface area contributed by atoms with Gasteiger partial charge in [-0.3, -0.25) is 4.98 Å². The monoisotopic (exact) mass is 270 g/mol. The van der Waals surface area contributed by atoms with Gasteiger partial charge in [0.25, 0.3) is 0 Å². The lowest BCUT2D eigenvalue weighted by Crippen LogP contribution is -2.12. The minimum absolute atomic E-state index is 0.389. The van der Waals surface area contributed by atoms with Gasteiger partial charge in [-0.2, -0.15) is 0 Å². The number of nitrogens with zero attached hydrogens (tertiary/aromatic N) is 1. The molecule has 0 amide bonds. The van der Waals surface area contributed by atoms with E-state index in [1.54, 1.807) is 6.20 Å². The van der Waals surface area contributed by atoms with Crippen LogP contribution in [0.2, 0.25) is 0 Å². The van der Waals surface area contributed by atoms with Crippen LogP contribution in [0.3, 0.4) is 0 Å². The Bertz CT molecular complexity index is 751. The second-order valence-corrected chi connectivity index (χ2v) is 4.64. The molecule has 0 fully saturated rings. The normalized spacial score (nSPS) is 12.6. The molecular formula is C16H12F2N2. The lowest BCUT2D eigenvalue weighted by atomic mass is 9.99. The summed E-state index contributed by atoms with van der Waals surface area (Å²) in [5, 5.41) is 0.942. The van der Waals surface area contributed by atoms with Gasteiger partial charge in [0.1, 0.15) is 11.6 Å². The van der Waals surface area contributed by atoms with Gasteiger partial charge in [0.05, 0.1) is 11.6 Å². The van der Waals surface area contributed by atoms with Gasteiger partial charge in [-0.15, -0.1) is 0 Å². The first-order valence-electron chi connectivity index (χ1n) is 6.20. The van der Waals surface area contributed by atoms with E-state index in [1.165, 1.54) is 12.1 Å². The molecule has 2 nitrogen and oxygen atoms in total. The highest BCUT2D eigenvalue weighted by Gasteiger charge is 2.12. The summed E-state index contributed by atoms with van der Waals surface area (Å²) in [6.45, 7) is 0. The number of fused-ring (bicyclic) bond motifs is 1. The summed E-state index contributed by atoms with van der Waals surface area (Å²) < 4.78 is 26.5. The van der Waals surface area contributed by atoms with Crippen molar-refractivity contribution in [1.29, 1.82) is 0 Å². The summed E-state index contributed by atoms with van der Waals surface area (Å²) >= 11 is 0. The molecule has 20 heavy (non-hydrogen) atoms. The van der Waals surface area contributed by atoms with Gasteiger partial charge < -0.3 is 5.73 Å². The zero-order chi connectivity index (χ0) is 14.1. The second-order valence-electron chi connectivity index (χ2n) is 4.64. The molecule has 0 saturated heterocycles. The van der Waals surface area contributed by atoms with Crippen molar-refractivity contribution in [1.82, 2.24) is 4.98 Å². The van der Waals surface area contributed by atoms with Crippen molar-refractivity contribution >= 4 is 10.9 Å². The Morgan fingerprint density at radius 3 is 2.35 bits per heavy atom. The van der Waals surface area contributed by atoms with Crippen LogP contribution >= 0.6 is 0 Å². The van der Waals surface area contributed by atoms with Gasteiger partial charge in [-0.25, -0.2) is 8.78 Å². The quantitative estimate of drug-likeness (QED) is 0.773. The Morgan fingerprint density at radius 2 is 1.60 bits per heavy atom. The van der Waals surface area contributed by atoms with Crippen LogP contribution in [0, 0.1) is 11.6 Å². The van der Waals surface area contributed by atoms with Crippen LogP contribution in [0.15, 0.2) is 54.7 Å². The fourth-order valence-electron chi connectivity index (χ4n) is 2.21. The summed E-state index contributed by atoms with van der Waals surface area (Å²) in [6, 6.07) is 12.2. The largest absolute Gasteiger partial charge is 0.320 e. The van der Waals surface area contributed by atoms with Crippen molar-refractivity contribution in [2.24, 2.45) is 5.73 Å². The molecule has 100 valence electrons. The SMILES string of the molecule is NC(c1cc(F)cc(F)c1)c1cnc2ccccc2c1. The molecule has 0 saturated carbocycles.